The van der Waals surface area contributed by atoms with Gasteiger partial charge in [-0.2, -0.15) is 4.73 Å². The molecule has 168 valence electrons. The summed E-state index contributed by atoms with van der Waals surface area (Å²) in [5.74, 6) is 0.600. The number of aromatic amines is 2. The van der Waals surface area contributed by atoms with Crippen molar-refractivity contribution in [3.05, 3.63) is 90.7 Å². The average Bonchev–Trinajstić information content (AvgIpc) is 3.49. The van der Waals surface area contributed by atoms with E-state index in [9.17, 15) is 0 Å². The van der Waals surface area contributed by atoms with Crippen LogP contribution in [0.4, 0.5) is 0 Å². The van der Waals surface area contributed by atoms with Crippen molar-refractivity contribution < 1.29 is 5.21 Å². The van der Waals surface area contributed by atoms with Gasteiger partial charge in [0.25, 0.3) is 0 Å². The number of rotatable bonds is 0. The van der Waals surface area contributed by atoms with Gasteiger partial charge in [-0.15, -0.1) is 0 Å². The average molecular weight is 453 g/mol. The molecule has 0 fully saturated rings. The second-order valence-corrected chi connectivity index (χ2v) is 6.44. The highest BCUT2D eigenvalue weighted by Gasteiger charge is 2.04. The molecule has 0 spiro atoms. The smallest absolute Gasteiger partial charge is 0.175 e. The number of H-pyrrole nitrogens is 2. The molecule has 6 heterocycles. The minimum Gasteiger partial charge on any atom is -0.427 e. The van der Waals surface area contributed by atoms with Crippen LogP contribution < -0.4 is 0 Å². The van der Waals surface area contributed by atoms with Gasteiger partial charge in [-0.25, -0.2) is 15.0 Å². The summed E-state index contributed by atoms with van der Waals surface area (Å²) in [5.41, 5.74) is 2.75. The summed E-state index contributed by atoms with van der Waals surface area (Å²) >= 11 is 5.84. The first kappa shape index (κ1) is 26.2. The Morgan fingerprint density at radius 2 is 1.47 bits per heavy atom. The maximum atomic E-state index is 9.11. The third kappa shape index (κ3) is 5.86. The molecule has 0 aromatic carbocycles. The van der Waals surface area contributed by atoms with E-state index in [1.165, 1.54) is 0 Å². The molecule has 0 aliphatic carbocycles. The molecule has 4 aromatic heterocycles. The molecule has 0 atom stereocenters. The van der Waals surface area contributed by atoms with Crippen molar-refractivity contribution >= 4 is 33.7 Å². The molecular weight excluding hydrogens is 424 g/mol. The normalized spacial score (nSPS) is 9.41. The van der Waals surface area contributed by atoms with Gasteiger partial charge in [-0.1, -0.05) is 33.9 Å². The second-order valence-electron chi connectivity index (χ2n) is 6.03. The van der Waals surface area contributed by atoms with E-state index in [0.717, 1.165) is 37.4 Å². The van der Waals surface area contributed by atoms with Crippen molar-refractivity contribution in [2.75, 3.05) is 0 Å². The summed E-state index contributed by atoms with van der Waals surface area (Å²) in [6, 6.07) is 15.2. The number of halogens is 1. The van der Waals surface area contributed by atoms with Gasteiger partial charge in [0.1, 0.15) is 11.3 Å². The van der Waals surface area contributed by atoms with E-state index in [0.29, 0.717) is 5.82 Å². The van der Waals surface area contributed by atoms with E-state index in [2.05, 4.69) is 24.9 Å². The Morgan fingerprint density at radius 1 is 0.750 bits per heavy atom. The van der Waals surface area contributed by atoms with Crippen LogP contribution in [0.15, 0.2) is 85.7 Å². The lowest BCUT2D eigenvalue weighted by molar-refractivity contribution is 0.187. The van der Waals surface area contributed by atoms with E-state index in [4.69, 9.17) is 16.8 Å². The first-order valence-corrected chi connectivity index (χ1v) is 9.17. The first-order chi connectivity index (χ1) is 14.2. The molecule has 7 nitrogen and oxygen atoms in total. The Balaban J connectivity index is 0.000000230. The van der Waals surface area contributed by atoms with Crippen molar-refractivity contribution in [2.45, 2.75) is 22.3 Å². The van der Waals surface area contributed by atoms with E-state index >= 15 is 0 Å². The molecular formula is C24H29ClN6O. The lowest BCUT2D eigenvalue weighted by Crippen LogP contribution is -1.96. The Hall–Kier alpha value is -3.84. The molecule has 8 heteroatoms. The third-order valence-corrected chi connectivity index (χ3v) is 4.49. The SMILES string of the molecule is C.C.C.Clc1ccnc2[nH]ccc12.On1cccc2ccnc1-2.c1cnc2[nH]ccc2c1. The van der Waals surface area contributed by atoms with Gasteiger partial charge < -0.3 is 15.2 Å². The molecule has 0 radical (unpaired) electrons. The van der Waals surface area contributed by atoms with Crippen LogP contribution in [0.1, 0.15) is 22.3 Å². The van der Waals surface area contributed by atoms with Gasteiger partial charge in [0.05, 0.1) is 5.02 Å². The molecule has 0 amide bonds. The molecule has 0 saturated carbocycles. The minimum atomic E-state index is 0. The molecule has 32 heavy (non-hydrogen) atoms. The molecule has 0 bridgehead atoms. The number of fused-ring (bicyclic) bond motifs is 3. The number of hydrogen-bond acceptors (Lipinski definition) is 4. The quantitative estimate of drug-likeness (QED) is 0.218. The standard InChI is InChI=1S/C7H5ClN2.C7H6N2O.C7H6N2.3CH4/c8-6-2-4-10-7-5(6)1-3-9-7;10-9-5-1-2-6-3-4-8-7(6)9;1-2-6-3-5-9-7(6)8-4-1;;;/h1-4H,(H,9,10);1-5,10H;1-5H,(H,8,9);3*1H4. The fourth-order valence-electron chi connectivity index (χ4n) is 2.77. The van der Waals surface area contributed by atoms with Gasteiger partial charge >= 0.3 is 0 Å². The van der Waals surface area contributed by atoms with Crippen LogP contribution in [0.25, 0.3) is 33.5 Å². The van der Waals surface area contributed by atoms with Crippen LogP contribution in [0.5, 0.6) is 0 Å². The Morgan fingerprint density at radius 3 is 2.22 bits per heavy atom. The fourth-order valence-corrected chi connectivity index (χ4v) is 2.98. The van der Waals surface area contributed by atoms with Crippen molar-refractivity contribution in [3.63, 3.8) is 0 Å². The number of nitrogens with one attached hydrogen (secondary N) is 2. The number of hydrogen-bond donors (Lipinski definition) is 3. The predicted octanol–water partition coefficient (Wildman–Crippen LogP) is 6.91. The molecule has 4 aromatic rings. The Kier molecular flexibility index (Phi) is 9.92. The van der Waals surface area contributed by atoms with Crippen LogP contribution in [0.2, 0.25) is 5.02 Å². The highest BCUT2D eigenvalue weighted by Crippen LogP contribution is 2.19. The van der Waals surface area contributed by atoms with Crippen LogP contribution in [0, 0.1) is 0 Å². The Bertz CT molecular complexity index is 1280. The molecule has 2 aliphatic rings. The summed E-state index contributed by atoms with van der Waals surface area (Å²) in [5, 5.41) is 12.0. The van der Waals surface area contributed by atoms with Crippen LogP contribution in [-0.4, -0.2) is 34.9 Å². The van der Waals surface area contributed by atoms with E-state index in [1.807, 2.05) is 48.8 Å². The largest absolute Gasteiger partial charge is 0.427 e. The second kappa shape index (κ2) is 12.1. The summed E-state index contributed by atoms with van der Waals surface area (Å²) in [6.07, 6.45) is 10.4. The zero-order chi connectivity index (χ0) is 20.1. The van der Waals surface area contributed by atoms with Gasteiger partial charge in [0.2, 0.25) is 0 Å². The number of aromatic nitrogens is 6. The summed E-state index contributed by atoms with van der Waals surface area (Å²) < 4.78 is 1.01. The van der Waals surface area contributed by atoms with Gasteiger partial charge in [-0.3, -0.25) is 0 Å². The molecule has 3 N–H and O–H groups in total. The molecule has 0 saturated heterocycles. The van der Waals surface area contributed by atoms with Gasteiger partial charge in [0.15, 0.2) is 5.82 Å². The third-order valence-electron chi connectivity index (χ3n) is 4.16. The van der Waals surface area contributed by atoms with Crippen molar-refractivity contribution in [1.82, 2.24) is 29.7 Å². The highest BCUT2D eigenvalue weighted by atomic mass is 35.5. The van der Waals surface area contributed by atoms with Gasteiger partial charge in [-0.05, 0) is 48.5 Å². The number of pyridine rings is 3. The Labute approximate surface area is 193 Å². The minimum absolute atomic E-state index is 0. The fraction of sp³-hybridized carbons (Fsp3) is 0.125. The maximum absolute atomic E-state index is 9.11. The first-order valence-electron chi connectivity index (χ1n) is 8.79. The summed E-state index contributed by atoms with van der Waals surface area (Å²) in [4.78, 5) is 18.1. The molecule has 0 unspecified atom stereocenters. The lowest BCUT2D eigenvalue weighted by Gasteiger charge is -2.00. The zero-order valence-corrected chi connectivity index (χ0v) is 16.0. The highest BCUT2D eigenvalue weighted by molar-refractivity contribution is 6.35. The van der Waals surface area contributed by atoms with Crippen LogP contribution in [0.3, 0.4) is 0 Å². The molecule has 2 aliphatic heterocycles. The monoisotopic (exact) mass is 452 g/mol. The molecule has 6 rings (SSSR count). The van der Waals surface area contributed by atoms with Crippen LogP contribution >= 0.6 is 11.6 Å². The van der Waals surface area contributed by atoms with Crippen molar-refractivity contribution in [2.24, 2.45) is 0 Å². The number of nitrogens with zero attached hydrogens (tertiary/aromatic N) is 4. The van der Waals surface area contributed by atoms with Crippen LogP contribution in [-0.2, 0) is 0 Å². The zero-order valence-electron chi connectivity index (χ0n) is 15.2. The lowest BCUT2D eigenvalue weighted by atomic mass is 10.3. The van der Waals surface area contributed by atoms with Crippen molar-refractivity contribution in [3.8, 4) is 11.4 Å². The summed E-state index contributed by atoms with van der Waals surface area (Å²) in [6.45, 7) is 0. The predicted molar refractivity (Wildman–Crippen MR) is 133 cm³/mol. The van der Waals surface area contributed by atoms with E-state index in [1.54, 1.807) is 36.9 Å². The topological polar surface area (TPSA) is 95.4 Å². The maximum Gasteiger partial charge on any atom is 0.175 e. The van der Waals surface area contributed by atoms with E-state index in [-0.39, 0.29) is 22.3 Å². The van der Waals surface area contributed by atoms with Crippen molar-refractivity contribution in [1.29, 1.82) is 0 Å². The van der Waals surface area contributed by atoms with E-state index < -0.39 is 0 Å². The van der Waals surface area contributed by atoms with Gasteiger partial charge in [0, 0.05) is 53.5 Å². The summed E-state index contributed by atoms with van der Waals surface area (Å²) in [7, 11) is 0.